The molecule has 0 aromatic rings. The van der Waals surface area contributed by atoms with Gasteiger partial charge in [-0.2, -0.15) is 0 Å². The highest BCUT2D eigenvalue weighted by atomic mass is 19.1. The Kier molecular flexibility index (Phi) is 1.89. The number of halogens is 1. The van der Waals surface area contributed by atoms with E-state index in [1.165, 1.54) is 6.08 Å². The number of nitrogens with zero attached hydrogens (tertiary/aromatic N) is 1. The van der Waals surface area contributed by atoms with Gasteiger partial charge in [0.2, 0.25) is 6.04 Å². The monoisotopic (exact) mass is 158 g/mol. The van der Waals surface area contributed by atoms with Gasteiger partial charge in [0, 0.05) is 4.92 Å². The quantitative estimate of drug-likeness (QED) is 0.451. The third-order valence-corrected chi connectivity index (χ3v) is 1.47. The van der Waals surface area contributed by atoms with E-state index in [0.717, 1.165) is 6.08 Å². The fourth-order valence-corrected chi connectivity index (χ4v) is 0.838. The van der Waals surface area contributed by atoms with Gasteiger partial charge in [0.1, 0.15) is 5.83 Å². The van der Waals surface area contributed by atoms with Crippen molar-refractivity contribution in [2.45, 2.75) is 12.5 Å². The van der Waals surface area contributed by atoms with E-state index in [1.54, 1.807) is 0 Å². The second-order valence-electron chi connectivity index (χ2n) is 2.29. The van der Waals surface area contributed by atoms with Gasteiger partial charge < -0.3 is 5.73 Å². The average Bonchev–Trinajstić information content (AvgIpc) is 1.94. The van der Waals surface area contributed by atoms with Crippen molar-refractivity contribution in [3.8, 4) is 0 Å². The van der Waals surface area contributed by atoms with Gasteiger partial charge in [-0.1, -0.05) is 0 Å². The van der Waals surface area contributed by atoms with Crippen molar-refractivity contribution in [1.82, 2.24) is 0 Å². The predicted molar refractivity (Wildman–Crippen MR) is 36.9 cm³/mol. The fourth-order valence-electron chi connectivity index (χ4n) is 0.838. The Morgan fingerprint density at radius 2 is 2.45 bits per heavy atom. The van der Waals surface area contributed by atoms with Crippen molar-refractivity contribution in [3.63, 3.8) is 0 Å². The molecule has 1 aliphatic carbocycles. The summed E-state index contributed by atoms with van der Waals surface area (Å²) < 4.78 is 12.5. The highest BCUT2D eigenvalue weighted by Crippen LogP contribution is 2.17. The topological polar surface area (TPSA) is 69.2 Å². The van der Waals surface area contributed by atoms with Gasteiger partial charge in [-0.05, 0) is 12.2 Å². The zero-order chi connectivity index (χ0) is 8.43. The first kappa shape index (κ1) is 7.71. The highest BCUT2D eigenvalue weighted by molar-refractivity contribution is 5.23. The first-order chi connectivity index (χ1) is 5.11. The summed E-state index contributed by atoms with van der Waals surface area (Å²) in [7, 11) is 0. The number of rotatable bonds is 1. The molecule has 0 amide bonds. The molecule has 0 bridgehead atoms. The maximum Gasteiger partial charge on any atom is 0.237 e. The van der Waals surface area contributed by atoms with E-state index in [4.69, 9.17) is 5.73 Å². The van der Waals surface area contributed by atoms with Gasteiger partial charge in [0.15, 0.2) is 0 Å². The summed E-state index contributed by atoms with van der Waals surface area (Å²) in [6, 6.07) is -0.866. The maximum absolute atomic E-state index is 12.5. The summed E-state index contributed by atoms with van der Waals surface area (Å²) in [5, 5.41) is 10.2. The summed E-state index contributed by atoms with van der Waals surface area (Å²) in [5.74, 6) is -0.567. The van der Waals surface area contributed by atoms with E-state index >= 15 is 0 Å². The van der Waals surface area contributed by atoms with Crippen LogP contribution in [0.15, 0.2) is 23.7 Å². The van der Waals surface area contributed by atoms with Gasteiger partial charge in [-0.15, -0.1) is 0 Å². The zero-order valence-electron chi connectivity index (χ0n) is 5.66. The lowest BCUT2D eigenvalue weighted by molar-refractivity contribution is -0.509. The Bertz CT molecular complexity index is 247. The molecule has 0 aromatic heterocycles. The van der Waals surface area contributed by atoms with Gasteiger partial charge in [-0.25, -0.2) is 4.39 Å². The highest BCUT2D eigenvalue weighted by Gasteiger charge is 2.22. The van der Waals surface area contributed by atoms with Crippen LogP contribution in [0.3, 0.4) is 0 Å². The molecule has 11 heavy (non-hydrogen) atoms. The minimum atomic E-state index is -0.866. The third-order valence-electron chi connectivity index (χ3n) is 1.47. The van der Waals surface area contributed by atoms with Gasteiger partial charge in [-0.3, -0.25) is 10.1 Å². The third kappa shape index (κ3) is 1.54. The minimum absolute atomic E-state index is 0.0324. The van der Waals surface area contributed by atoms with Crippen LogP contribution in [0, 0.1) is 10.1 Å². The Balaban J connectivity index is 2.74. The van der Waals surface area contributed by atoms with Crippen LogP contribution in [-0.2, 0) is 0 Å². The van der Waals surface area contributed by atoms with Crippen molar-refractivity contribution < 1.29 is 9.31 Å². The van der Waals surface area contributed by atoms with Crippen LogP contribution >= 0.6 is 0 Å². The van der Waals surface area contributed by atoms with Crippen molar-refractivity contribution in [2.24, 2.45) is 5.73 Å². The van der Waals surface area contributed by atoms with Crippen LogP contribution in [0.5, 0.6) is 0 Å². The van der Waals surface area contributed by atoms with Crippen molar-refractivity contribution in [3.05, 3.63) is 33.8 Å². The summed E-state index contributed by atoms with van der Waals surface area (Å²) in [6.07, 6.45) is 2.20. The second kappa shape index (κ2) is 2.69. The van der Waals surface area contributed by atoms with Gasteiger partial charge in [0.05, 0.1) is 12.1 Å². The van der Waals surface area contributed by atoms with E-state index in [9.17, 15) is 14.5 Å². The van der Waals surface area contributed by atoms with E-state index in [2.05, 4.69) is 0 Å². The Labute approximate surface area is 62.3 Å². The molecule has 4 nitrogen and oxygen atoms in total. The predicted octanol–water partition coefficient (Wildman–Crippen LogP) is 0.731. The fraction of sp³-hybridized carbons (Fsp3) is 0.333. The summed E-state index contributed by atoms with van der Waals surface area (Å²) in [6.45, 7) is 0. The molecule has 0 radical (unpaired) electrons. The summed E-state index contributed by atoms with van der Waals surface area (Å²) in [4.78, 5) is 9.67. The Hall–Kier alpha value is -1.39. The molecule has 0 aliphatic heterocycles. The second-order valence-corrected chi connectivity index (χ2v) is 2.29. The molecule has 0 aromatic carbocycles. The number of nitrogens with two attached hydrogens (primary N) is 1. The molecule has 1 aliphatic rings. The van der Waals surface area contributed by atoms with Crippen LogP contribution in [0.25, 0.3) is 0 Å². The lowest BCUT2D eigenvalue weighted by atomic mass is 10.1. The molecule has 0 saturated carbocycles. The molecule has 0 saturated heterocycles. The summed E-state index contributed by atoms with van der Waals surface area (Å²) >= 11 is 0. The molecular formula is C6H7FN2O2. The van der Waals surface area contributed by atoms with Gasteiger partial charge in [0.25, 0.3) is 0 Å². The molecule has 0 heterocycles. The summed E-state index contributed by atoms with van der Waals surface area (Å²) in [5.41, 5.74) is 5.11. The Morgan fingerprint density at radius 1 is 1.82 bits per heavy atom. The van der Waals surface area contributed by atoms with Crippen LogP contribution in [-0.4, -0.2) is 11.0 Å². The van der Waals surface area contributed by atoms with Crippen molar-refractivity contribution in [2.75, 3.05) is 0 Å². The number of allylic oxidation sites excluding steroid dienone is 2. The van der Waals surface area contributed by atoms with Crippen LogP contribution in [0.1, 0.15) is 6.42 Å². The molecule has 1 rings (SSSR count). The normalized spacial score (nSPS) is 23.9. The standard InChI is InChI=1S/C6H7FN2O2/c7-5-2-1-4(9(10)11)3-6(5)8/h1-2,4H,3,8H2. The Morgan fingerprint density at radius 3 is 2.91 bits per heavy atom. The molecular weight excluding hydrogens is 151 g/mol. The molecule has 5 heteroatoms. The van der Waals surface area contributed by atoms with E-state index < -0.39 is 16.8 Å². The van der Waals surface area contributed by atoms with Crippen molar-refractivity contribution in [1.29, 1.82) is 0 Å². The van der Waals surface area contributed by atoms with E-state index in [0.29, 0.717) is 0 Å². The maximum atomic E-state index is 12.5. The van der Waals surface area contributed by atoms with E-state index in [1.807, 2.05) is 0 Å². The molecule has 2 N–H and O–H groups in total. The van der Waals surface area contributed by atoms with Crippen molar-refractivity contribution >= 4 is 0 Å². The zero-order valence-corrected chi connectivity index (χ0v) is 5.66. The number of hydrogen-bond donors (Lipinski definition) is 1. The SMILES string of the molecule is NC1=C(F)C=CC([N+](=O)[O-])C1. The first-order valence-electron chi connectivity index (χ1n) is 3.07. The smallest absolute Gasteiger partial charge is 0.237 e. The largest absolute Gasteiger partial charge is 0.399 e. The lowest BCUT2D eigenvalue weighted by Gasteiger charge is -2.09. The molecule has 1 atom stereocenters. The van der Waals surface area contributed by atoms with E-state index in [-0.39, 0.29) is 12.1 Å². The molecule has 1 unspecified atom stereocenters. The minimum Gasteiger partial charge on any atom is -0.399 e. The first-order valence-corrected chi connectivity index (χ1v) is 3.07. The lowest BCUT2D eigenvalue weighted by Crippen LogP contribution is -2.22. The molecule has 60 valence electrons. The van der Waals surface area contributed by atoms with Gasteiger partial charge >= 0.3 is 0 Å². The number of hydrogen-bond acceptors (Lipinski definition) is 3. The average molecular weight is 158 g/mol. The molecule has 0 spiro atoms. The van der Waals surface area contributed by atoms with Crippen LogP contribution < -0.4 is 5.73 Å². The van der Waals surface area contributed by atoms with Crippen LogP contribution in [0.4, 0.5) is 4.39 Å². The number of nitro groups is 1. The van der Waals surface area contributed by atoms with Crippen LogP contribution in [0.2, 0.25) is 0 Å². The molecule has 0 fully saturated rings.